The zero-order valence-corrected chi connectivity index (χ0v) is 14.3. The minimum atomic E-state index is -1.05. The van der Waals surface area contributed by atoms with Gasteiger partial charge in [-0.3, -0.25) is 0 Å². The van der Waals surface area contributed by atoms with Crippen molar-refractivity contribution in [2.45, 2.75) is 39.1 Å². The molecule has 1 amide bonds. The van der Waals surface area contributed by atoms with Crippen molar-refractivity contribution in [2.75, 3.05) is 20.1 Å². The molecule has 126 valence electrons. The lowest BCUT2D eigenvalue weighted by Crippen LogP contribution is -2.35. The summed E-state index contributed by atoms with van der Waals surface area (Å²) < 4.78 is 21.5. The van der Waals surface area contributed by atoms with Crippen molar-refractivity contribution >= 4 is 12.3 Å². The van der Waals surface area contributed by atoms with Gasteiger partial charge in [-0.2, -0.15) is 0 Å². The smallest absolute Gasteiger partial charge is 0.410 e. The third kappa shape index (κ3) is 5.34. The van der Waals surface area contributed by atoms with Crippen LogP contribution in [0, 0.1) is 5.92 Å². The van der Waals surface area contributed by atoms with E-state index < -0.39 is 17.9 Å². The van der Waals surface area contributed by atoms with Gasteiger partial charge < -0.3 is 9.64 Å². The molecule has 0 aliphatic carbocycles. The molecule has 2 rings (SSSR count). The number of amides is 1. The van der Waals surface area contributed by atoms with Gasteiger partial charge in [0.15, 0.2) is 6.54 Å². The molecule has 0 aromatic heterocycles. The summed E-state index contributed by atoms with van der Waals surface area (Å²) in [7, 11) is 1.93. The Hall–Kier alpha value is -1.91. The summed E-state index contributed by atoms with van der Waals surface area (Å²) in [6, 6.07) is 10.0. The zero-order chi connectivity index (χ0) is 17.0. The van der Waals surface area contributed by atoms with Gasteiger partial charge in [0, 0.05) is 12.1 Å². The van der Waals surface area contributed by atoms with Gasteiger partial charge in [-0.1, -0.05) is 30.3 Å². The van der Waals surface area contributed by atoms with Gasteiger partial charge in [-0.05, 0) is 20.8 Å². The fourth-order valence-corrected chi connectivity index (χ4v) is 2.66. The maximum atomic E-state index is 14.2. The lowest BCUT2D eigenvalue weighted by Gasteiger charge is -2.24. The van der Waals surface area contributed by atoms with E-state index in [0.717, 1.165) is 6.54 Å². The van der Waals surface area contributed by atoms with E-state index in [2.05, 4.69) is 0 Å². The van der Waals surface area contributed by atoms with Gasteiger partial charge in [0.1, 0.15) is 25.0 Å². The predicted molar refractivity (Wildman–Crippen MR) is 88.6 cm³/mol. The average Bonchev–Trinajstić information content (AvgIpc) is 2.79. The molecule has 0 N–H and O–H groups in total. The van der Waals surface area contributed by atoms with E-state index in [4.69, 9.17) is 4.74 Å². The van der Waals surface area contributed by atoms with Gasteiger partial charge in [-0.15, -0.1) is 0 Å². The minimum Gasteiger partial charge on any atom is -0.444 e. The molecule has 4 nitrogen and oxygen atoms in total. The lowest BCUT2D eigenvalue weighted by molar-refractivity contribution is -0.511. The Morgan fingerprint density at radius 3 is 2.61 bits per heavy atom. The monoisotopic (exact) mass is 321 g/mol. The van der Waals surface area contributed by atoms with Crippen LogP contribution < -0.4 is 0 Å². The van der Waals surface area contributed by atoms with Crippen LogP contribution in [0.5, 0.6) is 0 Å². The Bertz CT molecular complexity index is 566. The van der Waals surface area contributed by atoms with Crippen LogP contribution in [0.4, 0.5) is 9.18 Å². The molecule has 1 saturated heterocycles. The first kappa shape index (κ1) is 17.4. The third-order valence-corrected chi connectivity index (χ3v) is 3.66. The number of carbonyl (C=O) groups is 1. The highest BCUT2D eigenvalue weighted by atomic mass is 19.1. The summed E-state index contributed by atoms with van der Waals surface area (Å²) in [5, 5.41) is 0. The first-order valence-corrected chi connectivity index (χ1v) is 7.96. The van der Waals surface area contributed by atoms with Crippen LogP contribution in [0.1, 0.15) is 26.3 Å². The lowest BCUT2D eigenvalue weighted by atomic mass is 10.1. The Morgan fingerprint density at radius 2 is 2.00 bits per heavy atom. The Morgan fingerprint density at radius 1 is 1.35 bits per heavy atom. The highest BCUT2D eigenvalue weighted by molar-refractivity contribution is 5.70. The van der Waals surface area contributed by atoms with Gasteiger partial charge in [0.2, 0.25) is 0 Å². The Labute approximate surface area is 137 Å². The second kappa shape index (κ2) is 7.11. The second-order valence-electron chi connectivity index (χ2n) is 7.11. The molecule has 1 fully saturated rings. The van der Waals surface area contributed by atoms with Gasteiger partial charge in [0.25, 0.3) is 0 Å². The number of likely N-dealkylation sites (tertiary alicyclic amines) is 1. The number of hydrogen-bond acceptors (Lipinski definition) is 2. The molecule has 0 bridgehead atoms. The number of nitrogens with zero attached hydrogens (tertiary/aromatic N) is 2. The van der Waals surface area contributed by atoms with Crippen molar-refractivity contribution < 1.29 is 18.5 Å². The number of ether oxygens (including phenoxy) is 1. The van der Waals surface area contributed by atoms with Crippen molar-refractivity contribution in [2.24, 2.45) is 5.92 Å². The SMILES string of the molecule is C/[N+](=C/C1CN(C(=O)OC(C)(C)C)C[C@H]1F)Cc1ccccc1. The summed E-state index contributed by atoms with van der Waals surface area (Å²) in [4.78, 5) is 13.5. The van der Waals surface area contributed by atoms with Gasteiger partial charge in [-0.25, -0.2) is 13.8 Å². The standard InChI is InChI=1S/C18H26FN2O2/c1-18(2,3)23-17(22)21-12-15(16(19)13-21)11-20(4)10-14-8-6-5-7-9-14/h5-9,11,15-16H,10,12-13H2,1-4H3/q+1/b20-11-/t15?,16-/m1/s1. The van der Waals surface area contributed by atoms with Crippen molar-refractivity contribution in [3.05, 3.63) is 35.9 Å². The molecular formula is C18H26FN2O2+. The largest absolute Gasteiger partial charge is 0.444 e. The summed E-state index contributed by atoms with van der Waals surface area (Å²) in [5.74, 6) is -0.295. The third-order valence-electron chi connectivity index (χ3n) is 3.66. The Balaban J connectivity index is 1.96. The number of hydrogen-bond donors (Lipinski definition) is 0. The molecule has 1 aromatic carbocycles. The molecule has 0 saturated carbocycles. The molecule has 0 spiro atoms. The molecule has 0 radical (unpaired) electrons. The van der Waals surface area contributed by atoms with E-state index in [1.54, 1.807) is 0 Å². The van der Waals surface area contributed by atoms with Gasteiger partial charge in [0.05, 0.1) is 12.5 Å². The highest BCUT2D eigenvalue weighted by Crippen LogP contribution is 2.21. The normalized spacial score (nSPS) is 22.3. The van der Waals surface area contributed by atoms with E-state index >= 15 is 0 Å². The maximum absolute atomic E-state index is 14.2. The van der Waals surface area contributed by atoms with Crippen LogP contribution in [-0.4, -0.2) is 53.7 Å². The van der Waals surface area contributed by atoms with Crippen molar-refractivity contribution in [3.63, 3.8) is 0 Å². The fourth-order valence-electron chi connectivity index (χ4n) is 2.66. The van der Waals surface area contributed by atoms with Crippen molar-refractivity contribution in [1.29, 1.82) is 0 Å². The van der Waals surface area contributed by atoms with E-state index in [1.807, 2.05) is 68.9 Å². The molecular weight excluding hydrogens is 295 g/mol. The molecule has 1 heterocycles. The van der Waals surface area contributed by atoms with Crippen LogP contribution in [-0.2, 0) is 11.3 Å². The van der Waals surface area contributed by atoms with Crippen LogP contribution in [0.15, 0.2) is 30.3 Å². The number of rotatable bonds is 3. The zero-order valence-electron chi connectivity index (χ0n) is 14.3. The molecule has 1 aliphatic heterocycles. The maximum Gasteiger partial charge on any atom is 0.410 e. The number of alkyl halides is 1. The molecule has 2 atom stereocenters. The summed E-state index contributed by atoms with van der Waals surface area (Å²) >= 11 is 0. The fraction of sp³-hybridized carbons (Fsp3) is 0.556. The summed E-state index contributed by atoms with van der Waals surface area (Å²) in [5.41, 5.74) is 0.609. The van der Waals surface area contributed by atoms with E-state index in [1.165, 1.54) is 10.5 Å². The molecule has 1 unspecified atom stereocenters. The summed E-state index contributed by atoms with van der Waals surface area (Å²) in [6.07, 6.45) is 0.379. The number of carbonyl (C=O) groups excluding carboxylic acids is 1. The molecule has 1 aromatic rings. The topological polar surface area (TPSA) is 32.5 Å². The number of benzene rings is 1. The van der Waals surface area contributed by atoms with Crippen LogP contribution in [0.2, 0.25) is 0 Å². The number of halogens is 1. The minimum absolute atomic E-state index is 0.0925. The van der Waals surface area contributed by atoms with E-state index in [0.29, 0.717) is 6.54 Å². The first-order chi connectivity index (χ1) is 10.7. The molecule has 23 heavy (non-hydrogen) atoms. The van der Waals surface area contributed by atoms with Gasteiger partial charge >= 0.3 is 6.09 Å². The summed E-state index contributed by atoms with van der Waals surface area (Å²) in [6.45, 7) is 6.60. The second-order valence-corrected chi connectivity index (χ2v) is 7.11. The molecule has 1 aliphatic rings. The quantitative estimate of drug-likeness (QED) is 0.633. The van der Waals surface area contributed by atoms with E-state index in [9.17, 15) is 9.18 Å². The molecule has 5 heteroatoms. The van der Waals surface area contributed by atoms with Crippen LogP contribution in [0.25, 0.3) is 0 Å². The average molecular weight is 321 g/mol. The van der Waals surface area contributed by atoms with Crippen LogP contribution >= 0.6 is 0 Å². The van der Waals surface area contributed by atoms with E-state index in [-0.39, 0.29) is 12.5 Å². The first-order valence-electron chi connectivity index (χ1n) is 7.96. The van der Waals surface area contributed by atoms with Crippen molar-refractivity contribution in [3.8, 4) is 0 Å². The predicted octanol–water partition coefficient (Wildman–Crippen LogP) is 3.10. The highest BCUT2D eigenvalue weighted by Gasteiger charge is 2.38. The van der Waals surface area contributed by atoms with Crippen LogP contribution in [0.3, 0.4) is 0 Å². The van der Waals surface area contributed by atoms with Crippen molar-refractivity contribution in [1.82, 2.24) is 4.90 Å². The Kier molecular flexibility index (Phi) is 5.39.